The minimum absolute atomic E-state index is 0. The van der Waals surface area contributed by atoms with Gasteiger partial charge in [0.1, 0.15) is 0 Å². The van der Waals surface area contributed by atoms with Crippen molar-refractivity contribution in [3.63, 3.8) is 0 Å². The van der Waals surface area contributed by atoms with Crippen molar-refractivity contribution in [3.05, 3.63) is 0 Å². The maximum absolute atomic E-state index is 8.57. The van der Waals surface area contributed by atoms with Crippen molar-refractivity contribution >= 4 is 15.5 Å². The van der Waals surface area contributed by atoms with Crippen LogP contribution in [0.25, 0.3) is 0 Å². The summed E-state index contributed by atoms with van der Waals surface area (Å²) in [5, 5.41) is 0. The van der Waals surface area contributed by atoms with Gasteiger partial charge >= 0.3 is 53.0 Å². The second kappa shape index (κ2) is 8.92. The molecule has 0 spiro atoms. The SMILES string of the molecule is [H-].[Na+].[O]=[Al][OH]. The molecule has 0 radical (unpaired) electrons. The van der Waals surface area contributed by atoms with E-state index in [-0.39, 0.29) is 31.0 Å². The molecule has 4 heteroatoms. The zero-order valence-electron chi connectivity index (χ0n) is 3.43. The van der Waals surface area contributed by atoms with Gasteiger partial charge in [0, 0.05) is 0 Å². The fourth-order valence-electron chi connectivity index (χ4n) is 0. The summed E-state index contributed by atoms with van der Waals surface area (Å²) in [5.41, 5.74) is 0. The van der Waals surface area contributed by atoms with E-state index in [1.165, 1.54) is 0 Å². The van der Waals surface area contributed by atoms with Gasteiger partial charge < -0.3 is 1.43 Å². The molecule has 0 bridgehead atoms. The van der Waals surface area contributed by atoms with Crippen LogP contribution in [0.4, 0.5) is 0 Å². The van der Waals surface area contributed by atoms with E-state index in [4.69, 9.17) is 7.96 Å². The minimum atomic E-state index is -1.50. The van der Waals surface area contributed by atoms with Gasteiger partial charge in [-0.25, -0.2) is 0 Å². The van der Waals surface area contributed by atoms with E-state index in [1.54, 1.807) is 0 Å². The molecule has 0 fully saturated rings. The van der Waals surface area contributed by atoms with E-state index >= 15 is 0 Å². The summed E-state index contributed by atoms with van der Waals surface area (Å²) >= 11 is -1.50. The average molecular weight is 84.0 g/mol. The van der Waals surface area contributed by atoms with Crippen LogP contribution in [-0.4, -0.2) is 19.6 Å². The molecule has 0 aliphatic carbocycles. The molecular formula is H2AlNaO2. The molecule has 0 aliphatic heterocycles. The summed E-state index contributed by atoms with van der Waals surface area (Å²) in [6.07, 6.45) is 0. The summed E-state index contributed by atoms with van der Waals surface area (Å²) in [5.74, 6) is 0. The molecule has 0 saturated carbocycles. The molecule has 0 aromatic carbocycles. The van der Waals surface area contributed by atoms with Crippen molar-refractivity contribution in [2.75, 3.05) is 0 Å². The molecule has 0 heterocycles. The third-order valence-electron chi connectivity index (χ3n) is 0. The molecule has 0 unspecified atom stereocenters. The van der Waals surface area contributed by atoms with Crippen molar-refractivity contribution in [2.45, 2.75) is 0 Å². The average Bonchev–Trinajstić information content (AvgIpc) is 0.918. The molecule has 0 aromatic heterocycles. The van der Waals surface area contributed by atoms with E-state index in [1.807, 2.05) is 0 Å². The van der Waals surface area contributed by atoms with Crippen molar-refractivity contribution in [2.24, 2.45) is 0 Å². The van der Waals surface area contributed by atoms with Gasteiger partial charge in [0.2, 0.25) is 0 Å². The van der Waals surface area contributed by atoms with Gasteiger partial charge in [-0.2, -0.15) is 0 Å². The first-order valence-corrected chi connectivity index (χ1v) is 1.48. The van der Waals surface area contributed by atoms with E-state index in [0.717, 1.165) is 0 Å². The van der Waals surface area contributed by atoms with Gasteiger partial charge in [0.25, 0.3) is 0 Å². The van der Waals surface area contributed by atoms with Crippen LogP contribution in [0.1, 0.15) is 1.43 Å². The molecule has 2 nitrogen and oxygen atoms in total. The molecule has 4 heavy (non-hydrogen) atoms. The summed E-state index contributed by atoms with van der Waals surface area (Å²) in [6, 6.07) is 0. The predicted molar refractivity (Wildman–Crippen MR) is 9.77 cm³/mol. The molecule has 18 valence electrons. The first-order chi connectivity index (χ1) is 1.41. The summed E-state index contributed by atoms with van der Waals surface area (Å²) in [6.45, 7) is 0. The van der Waals surface area contributed by atoms with Crippen LogP contribution in [-0.2, 0) is 3.80 Å². The Morgan fingerprint density at radius 1 is 2.00 bits per heavy atom. The van der Waals surface area contributed by atoms with Gasteiger partial charge in [0.05, 0.1) is 0 Å². The van der Waals surface area contributed by atoms with Crippen LogP contribution in [0.15, 0.2) is 0 Å². The van der Waals surface area contributed by atoms with E-state index < -0.39 is 15.5 Å². The Hall–Kier alpha value is 1.13. The van der Waals surface area contributed by atoms with Gasteiger partial charge in [-0.15, -0.1) is 0 Å². The Kier molecular flexibility index (Phi) is 19.9. The van der Waals surface area contributed by atoms with Crippen LogP contribution in [0, 0.1) is 0 Å². The van der Waals surface area contributed by atoms with Crippen molar-refractivity contribution in [1.29, 1.82) is 0 Å². The van der Waals surface area contributed by atoms with Gasteiger partial charge in [-0.05, 0) is 0 Å². The van der Waals surface area contributed by atoms with Crippen LogP contribution >= 0.6 is 0 Å². The molecule has 0 aromatic rings. The molecule has 0 rings (SSSR count). The van der Waals surface area contributed by atoms with E-state index in [2.05, 4.69) is 0 Å². The third-order valence-corrected chi connectivity index (χ3v) is 0. The Morgan fingerprint density at radius 3 is 2.00 bits per heavy atom. The van der Waals surface area contributed by atoms with Crippen molar-refractivity contribution in [3.8, 4) is 0 Å². The molecule has 0 saturated heterocycles. The second-order valence-corrected chi connectivity index (χ2v) is 0.316. The molecule has 0 aliphatic rings. The maximum atomic E-state index is 8.57. The first kappa shape index (κ1) is 8.93. The summed E-state index contributed by atoms with van der Waals surface area (Å²) in [4.78, 5) is 0. The van der Waals surface area contributed by atoms with Crippen LogP contribution in [0.2, 0.25) is 0 Å². The zero-order valence-corrected chi connectivity index (χ0v) is 5.59. The topological polar surface area (TPSA) is 37.3 Å². The number of hydrogen-bond donors (Lipinski definition) is 1. The Bertz CT molecular complexity index is 17.1. The van der Waals surface area contributed by atoms with Crippen LogP contribution < -0.4 is 29.6 Å². The van der Waals surface area contributed by atoms with E-state index in [9.17, 15) is 0 Å². The quantitative estimate of drug-likeness (QED) is 0.304. The second-order valence-electron chi connectivity index (χ2n) is 0.105. The van der Waals surface area contributed by atoms with Crippen LogP contribution in [0.5, 0.6) is 0 Å². The van der Waals surface area contributed by atoms with Gasteiger partial charge in [-0.3, -0.25) is 0 Å². The standard InChI is InChI=1S/Al.Na.H2O.O.H/h;;1H2;;/q2*+1;;;-1/p-1. The molecule has 0 amide bonds. The Labute approximate surface area is 54.2 Å². The molecule has 1 N–H and O–H groups in total. The van der Waals surface area contributed by atoms with Gasteiger partial charge in [0.15, 0.2) is 0 Å². The third kappa shape index (κ3) is 11.1. The summed E-state index contributed by atoms with van der Waals surface area (Å²) < 4.78 is 15.7. The zero-order chi connectivity index (χ0) is 2.71. The van der Waals surface area contributed by atoms with Crippen molar-refractivity contribution in [1.82, 2.24) is 0 Å². The monoisotopic (exact) mass is 84.0 g/mol. The van der Waals surface area contributed by atoms with Gasteiger partial charge in [-0.1, -0.05) is 0 Å². The molecule has 0 atom stereocenters. The summed E-state index contributed by atoms with van der Waals surface area (Å²) in [7, 11) is 0. The fourth-order valence-corrected chi connectivity index (χ4v) is 0. The fraction of sp³-hybridized carbons (Fsp3) is 0. The Balaban J connectivity index is -0.0000000200. The predicted octanol–water partition coefficient (Wildman–Crippen LogP) is -3.94. The van der Waals surface area contributed by atoms with E-state index in [0.29, 0.717) is 0 Å². The molecular weight excluding hydrogens is 82.0 g/mol. The van der Waals surface area contributed by atoms with Crippen molar-refractivity contribution < 1.29 is 38.9 Å². The van der Waals surface area contributed by atoms with Crippen LogP contribution in [0.3, 0.4) is 0 Å². The Morgan fingerprint density at radius 2 is 2.00 bits per heavy atom. The number of rotatable bonds is 0. The first-order valence-electron chi connectivity index (χ1n) is 0.494. The number of hydrogen-bond acceptors (Lipinski definition) is 1. The normalized spacial score (nSPS) is 2.00.